The summed E-state index contributed by atoms with van der Waals surface area (Å²) >= 11 is 0. The minimum absolute atomic E-state index is 0.699. The van der Waals surface area contributed by atoms with Crippen LogP contribution in [-0.4, -0.2) is 56.5 Å². The highest BCUT2D eigenvalue weighted by Crippen LogP contribution is 1.99. The molecular weight excluding hydrogens is 262 g/mol. The van der Waals surface area contributed by atoms with Crippen molar-refractivity contribution in [2.45, 2.75) is 19.1 Å². The largest absolute Gasteiger partial charge is 0.480 e. The zero-order valence-corrected chi connectivity index (χ0v) is 10.2. The quantitative estimate of drug-likeness (QED) is 0.497. The van der Waals surface area contributed by atoms with E-state index in [0.717, 1.165) is 6.92 Å². The van der Waals surface area contributed by atoms with Gasteiger partial charge in [0.15, 0.2) is 14.9 Å². The molecule has 0 saturated carbocycles. The van der Waals surface area contributed by atoms with Crippen LogP contribution < -0.4 is 4.72 Å². The number of rotatable bonds is 6. The van der Waals surface area contributed by atoms with Crippen molar-refractivity contribution >= 4 is 25.8 Å². The lowest BCUT2D eigenvalue weighted by Crippen LogP contribution is -2.48. The molecule has 0 aromatic heterocycles. The van der Waals surface area contributed by atoms with E-state index in [2.05, 4.69) is 0 Å². The molecule has 16 heavy (non-hydrogen) atoms. The molecule has 0 heterocycles. The predicted octanol–water partition coefficient (Wildman–Crippen LogP) is -2.26. The topological polar surface area (TPSA) is 138 Å². The van der Waals surface area contributed by atoms with Gasteiger partial charge in [0.2, 0.25) is 10.0 Å². The molecule has 0 aliphatic rings. The van der Waals surface area contributed by atoms with Gasteiger partial charge in [-0.2, -0.15) is 4.72 Å². The SMILES string of the molecule is C[C@@H](O)[C@H](NS(=O)(=O)CS(C)(=O)=O)C(=O)O. The Morgan fingerprint density at radius 2 is 1.75 bits per heavy atom. The lowest BCUT2D eigenvalue weighted by atomic mass is 10.2. The number of sulfone groups is 1. The normalized spacial score (nSPS) is 16.7. The Balaban J connectivity index is 4.89. The van der Waals surface area contributed by atoms with Crippen molar-refractivity contribution in [1.29, 1.82) is 0 Å². The van der Waals surface area contributed by atoms with Gasteiger partial charge in [-0.3, -0.25) is 4.79 Å². The first kappa shape index (κ1) is 15.3. The molecule has 10 heteroatoms. The smallest absolute Gasteiger partial charge is 0.324 e. The van der Waals surface area contributed by atoms with Gasteiger partial charge in [0.1, 0.15) is 6.04 Å². The maximum Gasteiger partial charge on any atom is 0.324 e. The van der Waals surface area contributed by atoms with E-state index in [4.69, 9.17) is 10.2 Å². The van der Waals surface area contributed by atoms with Crippen molar-refractivity contribution in [2.75, 3.05) is 11.3 Å². The van der Waals surface area contributed by atoms with E-state index in [0.29, 0.717) is 6.26 Å². The zero-order valence-electron chi connectivity index (χ0n) is 8.61. The lowest BCUT2D eigenvalue weighted by molar-refractivity contribution is -0.141. The number of carboxylic acid groups (broad SMARTS) is 1. The second-order valence-corrected chi connectivity index (χ2v) is 7.59. The Bertz CT molecular complexity index is 449. The van der Waals surface area contributed by atoms with Crippen LogP contribution in [0.4, 0.5) is 0 Å². The number of aliphatic hydroxyl groups is 1. The molecule has 0 aromatic rings. The van der Waals surface area contributed by atoms with Crippen LogP contribution in [0.5, 0.6) is 0 Å². The molecular formula is C6H13NO7S2. The van der Waals surface area contributed by atoms with Crippen LogP contribution in [0.3, 0.4) is 0 Å². The molecule has 96 valence electrons. The molecule has 0 spiro atoms. The summed E-state index contributed by atoms with van der Waals surface area (Å²) in [4.78, 5) is 10.5. The van der Waals surface area contributed by atoms with Crippen molar-refractivity contribution in [3.8, 4) is 0 Å². The summed E-state index contributed by atoms with van der Waals surface area (Å²) in [6, 6.07) is -1.77. The number of aliphatic hydroxyl groups excluding tert-OH is 1. The summed E-state index contributed by atoms with van der Waals surface area (Å²) in [5.41, 5.74) is 0. The van der Waals surface area contributed by atoms with Crippen molar-refractivity contribution in [3.05, 3.63) is 0 Å². The van der Waals surface area contributed by atoms with E-state index in [1.807, 2.05) is 0 Å². The Morgan fingerprint density at radius 3 is 2.00 bits per heavy atom. The number of sulfonamides is 1. The number of carboxylic acids is 1. The van der Waals surface area contributed by atoms with Crippen LogP contribution >= 0.6 is 0 Å². The first-order valence-electron chi connectivity index (χ1n) is 4.03. The van der Waals surface area contributed by atoms with Gasteiger partial charge < -0.3 is 10.2 Å². The minimum atomic E-state index is -4.31. The number of carbonyl (C=O) groups is 1. The third kappa shape index (κ3) is 6.00. The first-order chi connectivity index (χ1) is 6.94. The highest BCUT2D eigenvalue weighted by Gasteiger charge is 2.30. The van der Waals surface area contributed by atoms with E-state index in [1.165, 1.54) is 0 Å². The fourth-order valence-corrected chi connectivity index (χ4v) is 4.08. The maximum atomic E-state index is 11.2. The van der Waals surface area contributed by atoms with E-state index in [9.17, 15) is 21.6 Å². The molecule has 3 N–H and O–H groups in total. The van der Waals surface area contributed by atoms with E-state index >= 15 is 0 Å². The molecule has 0 rings (SSSR count). The monoisotopic (exact) mass is 275 g/mol. The fraction of sp³-hybridized carbons (Fsp3) is 0.833. The van der Waals surface area contributed by atoms with Crippen molar-refractivity contribution in [2.24, 2.45) is 0 Å². The van der Waals surface area contributed by atoms with Crippen LogP contribution in [0.25, 0.3) is 0 Å². The highest BCUT2D eigenvalue weighted by molar-refractivity contribution is 8.06. The second kappa shape index (κ2) is 5.08. The fourth-order valence-electron chi connectivity index (χ4n) is 0.865. The van der Waals surface area contributed by atoms with Crippen LogP contribution in [0, 0.1) is 0 Å². The van der Waals surface area contributed by atoms with Gasteiger partial charge in [-0.25, -0.2) is 16.8 Å². The molecule has 2 atom stereocenters. The summed E-state index contributed by atoms with van der Waals surface area (Å²) in [5, 5.41) is 16.3. The van der Waals surface area contributed by atoms with E-state index < -0.39 is 43.1 Å². The van der Waals surface area contributed by atoms with E-state index in [-0.39, 0.29) is 0 Å². The number of hydrogen-bond acceptors (Lipinski definition) is 6. The standard InChI is InChI=1S/C6H13NO7S2/c1-4(8)5(6(9)10)7-16(13,14)3-15(2,11)12/h4-5,7-8H,3H2,1-2H3,(H,9,10)/t4-,5+/m1/s1. The molecule has 0 bridgehead atoms. The first-order valence-corrected chi connectivity index (χ1v) is 7.74. The van der Waals surface area contributed by atoms with Crippen molar-refractivity contribution < 1.29 is 31.8 Å². The van der Waals surface area contributed by atoms with Gasteiger partial charge in [0.25, 0.3) is 0 Å². The lowest BCUT2D eigenvalue weighted by Gasteiger charge is -2.16. The van der Waals surface area contributed by atoms with Gasteiger partial charge in [-0.05, 0) is 6.92 Å². The van der Waals surface area contributed by atoms with Gasteiger partial charge in [0, 0.05) is 6.26 Å². The number of nitrogens with one attached hydrogen (secondary N) is 1. The van der Waals surface area contributed by atoms with Crippen molar-refractivity contribution in [3.63, 3.8) is 0 Å². The third-order valence-electron chi connectivity index (χ3n) is 1.42. The maximum absolute atomic E-state index is 11.2. The van der Waals surface area contributed by atoms with E-state index in [1.54, 1.807) is 4.72 Å². The molecule has 0 fully saturated rings. The summed E-state index contributed by atoms with van der Waals surface area (Å²) in [5.74, 6) is -1.59. The highest BCUT2D eigenvalue weighted by atomic mass is 32.3. The van der Waals surface area contributed by atoms with Crippen LogP contribution in [0.1, 0.15) is 6.92 Å². The summed E-state index contributed by atoms with van der Waals surface area (Å²) < 4.78 is 45.5. The summed E-state index contributed by atoms with van der Waals surface area (Å²) in [6.07, 6.45) is -0.781. The average molecular weight is 275 g/mol. The molecule has 0 aromatic carbocycles. The van der Waals surface area contributed by atoms with Crippen LogP contribution in [0.15, 0.2) is 0 Å². The Labute approximate surface area is 93.2 Å². The molecule has 8 nitrogen and oxygen atoms in total. The molecule has 0 aliphatic carbocycles. The minimum Gasteiger partial charge on any atom is -0.480 e. The average Bonchev–Trinajstić information content (AvgIpc) is 1.94. The Kier molecular flexibility index (Phi) is 4.85. The third-order valence-corrected chi connectivity index (χ3v) is 4.99. The van der Waals surface area contributed by atoms with Crippen LogP contribution in [0.2, 0.25) is 0 Å². The molecule has 0 amide bonds. The van der Waals surface area contributed by atoms with Gasteiger partial charge in [0.05, 0.1) is 6.10 Å². The molecule has 0 saturated heterocycles. The van der Waals surface area contributed by atoms with Gasteiger partial charge in [-0.15, -0.1) is 0 Å². The summed E-state index contributed by atoms with van der Waals surface area (Å²) in [6.45, 7) is 1.07. The Morgan fingerprint density at radius 1 is 1.31 bits per heavy atom. The second-order valence-electron chi connectivity index (χ2n) is 3.33. The number of aliphatic carboxylic acids is 1. The zero-order chi connectivity index (χ0) is 13.1. The molecule has 0 aliphatic heterocycles. The number of hydrogen-bond donors (Lipinski definition) is 3. The summed E-state index contributed by atoms with van der Waals surface area (Å²) in [7, 11) is -8.11. The Hall–Kier alpha value is -0.710. The predicted molar refractivity (Wildman–Crippen MR) is 54.9 cm³/mol. The van der Waals surface area contributed by atoms with Crippen LogP contribution in [-0.2, 0) is 24.7 Å². The molecule has 0 unspecified atom stereocenters. The molecule has 0 radical (unpaired) electrons. The van der Waals surface area contributed by atoms with Crippen molar-refractivity contribution in [1.82, 2.24) is 4.72 Å². The van der Waals surface area contributed by atoms with Gasteiger partial charge >= 0.3 is 5.97 Å². The van der Waals surface area contributed by atoms with Gasteiger partial charge in [-0.1, -0.05) is 0 Å².